The van der Waals surface area contributed by atoms with Crippen LogP contribution >= 0.6 is 0 Å². The molecule has 0 fully saturated rings. The van der Waals surface area contributed by atoms with Gasteiger partial charge in [-0.15, -0.1) is 0 Å². The Kier molecular flexibility index (Phi) is 7.41. The summed E-state index contributed by atoms with van der Waals surface area (Å²) < 4.78 is 0. The number of nitrogens with zero attached hydrogens (tertiary/aromatic N) is 7. The molecule has 0 radical (unpaired) electrons. The second-order valence-electron chi connectivity index (χ2n) is 8.34. The van der Waals surface area contributed by atoms with E-state index in [1.54, 1.807) is 0 Å². The zero-order valence-corrected chi connectivity index (χ0v) is 19.4. The first-order valence-electron chi connectivity index (χ1n) is 10.4. The Hall–Kier alpha value is -3.19. The number of anilines is 3. The third kappa shape index (κ3) is 6.39. The minimum Gasteiger partial charge on any atom is -0.378 e. The number of hydrogen-bond donors (Lipinski definition) is 0. The van der Waals surface area contributed by atoms with Crippen LogP contribution in [0, 0.1) is 0 Å². The minimum absolute atomic E-state index is 0.712. The van der Waals surface area contributed by atoms with Gasteiger partial charge in [0.2, 0.25) is 0 Å². The van der Waals surface area contributed by atoms with Gasteiger partial charge in [0.05, 0.1) is 17.1 Å². The fourth-order valence-electron chi connectivity index (χ4n) is 3.35. The van der Waals surface area contributed by atoms with Crippen LogP contribution in [0.3, 0.4) is 0 Å². The average Bonchev–Trinajstić information content (AvgIpc) is 2.74. The molecule has 0 N–H and O–H groups in total. The van der Waals surface area contributed by atoms with Crippen molar-refractivity contribution in [1.82, 2.24) is 19.9 Å². The van der Waals surface area contributed by atoms with Crippen molar-refractivity contribution in [2.24, 2.45) is 0 Å². The summed E-state index contributed by atoms with van der Waals surface area (Å²) in [6, 6.07) is 12.5. The van der Waals surface area contributed by atoms with E-state index >= 15 is 0 Å². The van der Waals surface area contributed by atoms with E-state index < -0.39 is 0 Å². The predicted molar refractivity (Wildman–Crippen MR) is 129 cm³/mol. The molecule has 0 saturated carbocycles. The van der Waals surface area contributed by atoms with Crippen LogP contribution < -0.4 is 14.7 Å². The molecule has 0 atom stereocenters. The first-order valence-corrected chi connectivity index (χ1v) is 10.4. The molecule has 0 aliphatic heterocycles. The molecule has 7 nitrogen and oxygen atoms in total. The Morgan fingerprint density at radius 2 is 0.806 bits per heavy atom. The van der Waals surface area contributed by atoms with E-state index in [1.807, 2.05) is 79.1 Å². The highest BCUT2D eigenvalue weighted by Gasteiger charge is 2.13. The molecule has 7 heteroatoms. The van der Waals surface area contributed by atoms with Gasteiger partial charge in [0.25, 0.3) is 0 Å². The topological polar surface area (TPSA) is 51.6 Å². The van der Waals surface area contributed by atoms with Gasteiger partial charge in [0.15, 0.2) is 0 Å². The van der Waals surface area contributed by atoms with Crippen LogP contribution in [0.5, 0.6) is 0 Å². The first kappa shape index (κ1) is 22.5. The molecule has 164 valence electrons. The fourth-order valence-corrected chi connectivity index (χ4v) is 3.35. The highest BCUT2D eigenvalue weighted by Crippen LogP contribution is 2.19. The molecule has 3 heterocycles. The van der Waals surface area contributed by atoms with Crippen LogP contribution in [-0.4, -0.2) is 62.1 Å². The maximum Gasteiger partial charge on any atom is 0.0564 e. The quantitative estimate of drug-likeness (QED) is 0.528. The summed E-state index contributed by atoms with van der Waals surface area (Å²) >= 11 is 0. The highest BCUT2D eigenvalue weighted by atomic mass is 15.2. The minimum atomic E-state index is 0.712. The summed E-state index contributed by atoms with van der Waals surface area (Å²) in [6.45, 7) is 2.14. The third-order valence-corrected chi connectivity index (χ3v) is 5.11. The lowest BCUT2D eigenvalue weighted by atomic mass is 10.2. The van der Waals surface area contributed by atoms with Crippen LogP contribution in [0.1, 0.15) is 17.1 Å². The van der Waals surface area contributed by atoms with Gasteiger partial charge in [0.1, 0.15) is 0 Å². The van der Waals surface area contributed by atoms with Crippen LogP contribution in [-0.2, 0) is 19.6 Å². The Morgan fingerprint density at radius 3 is 1.06 bits per heavy atom. The molecule has 0 saturated heterocycles. The van der Waals surface area contributed by atoms with E-state index in [1.165, 1.54) is 0 Å². The van der Waals surface area contributed by atoms with Crippen molar-refractivity contribution < 1.29 is 0 Å². The smallest absolute Gasteiger partial charge is 0.0564 e. The van der Waals surface area contributed by atoms with Gasteiger partial charge in [-0.05, 0) is 36.4 Å². The number of rotatable bonds is 9. The maximum absolute atomic E-state index is 4.61. The van der Waals surface area contributed by atoms with Crippen molar-refractivity contribution in [2.75, 3.05) is 57.0 Å². The summed E-state index contributed by atoms with van der Waals surface area (Å²) in [4.78, 5) is 22.5. The lowest BCUT2D eigenvalue weighted by molar-refractivity contribution is 0.239. The van der Waals surface area contributed by atoms with Gasteiger partial charge in [-0.25, -0.2) is 0 Å². The molecule has 0 amide bonds. The standard InChI is InChI=1S/C24H33N7/c1-28(2)22-7-10-25-19(13-22)16-31(17-20-14-23(29(3)4)8-11-26-20)18-21-15-24(30(5)6)9-12-27-21/h7-15H,16-18H2,1-6H3. The molecule has 0 bridgehead atoms. The van der Waals surface area contributed by atoms with Crippen molar-refractivity contribution in [2.45, 2.75) is 19.6 Å². The van der Waals surface area contributed by atoms with Gasteiger partial charge >= 0.3 is 0 Å². The van der Waals surface area contributed by atoms with Crippen molar-refractivity contribution in [3.8, 4) is 0 Å². The van der Waals surface area contributed by atoms with Crippen LogP contribution in [0.4, 0.5) is 17.1 Å². The lowest BCUT2D eigenvalue weighted by Gasteiger charge is -2.23. The SMILES string of the molecule is CN(C)c1ccnc(CN(Cc2cc(N(C)C)ccn2)Cc2cc(N(C)C)ccn2)c1. The summed E-state index contributed by atoms with van der Waals surface area (Å²) in [6.07, 6.45) is 5.62. The van der Waals surface area contributed by atoms with E-state index in [9.17, 15) is 0 Å². The molecule has 3 aromatic rings. The third-order valence-electron chi connectivity index (χ3n) is 5.11. The lowest BCUT2D eigenvalue weighted by Crippen LogP contribution is -2.24. The van der Waals surface area contributed by atoms with E-state index in [0.717, 1.165) is 34.1 Å². The second kappa shape index (κ2) is 10.2. The molecular weight excluding hydrogens is 386 g/mol. The summed E-state index contributed by atoms with van der Waals surface area (Å²) in [5.41, 5.74) is 6.51. The monoisotopic (exact) mass is 419 g/mol. The largest absolute Gasteiger partial charge is 0.378 e. The van der Waals surface area contributed by atoms with E-state index in [-0.39, 0.29) is 0 Å². The molecule has 0 aliphatic carbocycles. The number of hydrogen-bond acceptors (Lipinski definition) is 7. The van der Waals surface area contributed by atoms with Gasteiger partial charge in [-0.3, -0.25) is 19.9 Å². The molecule has 0 aliphatic rings. The highest BCUT2D eigenvalue weighted by molar-refractivity contribution is 5.46. The van der Waals surface area contributed by atoms with Crippen molar-refractivity contribution >= 4 is 17.1 Å². The Morgan fingerprint density at radius 1 is 0.516 bits per heavy atom. The van der Waals surface area contributed by atoms with Crippen LogP contribution in [0.15, 0.2) is 55.0 Å². The van der Waals surface area contributed by atoms with Gasteiger partial charge < -0.3 is 14.7 Å². The summed E-state index contributed by atoms with van der Waals surface area (Å²) in [5.74, 6) is 0. The fraction of sp³-hybridized carbons (Fsp3) is 0.375. The van der Waals surface area contributed by atoms with Gasteiger partial charge in [0, 0.05) is 97.6 Å². The zero-order chi connectivity index (χ0) is 22.4. The van der Waals surface area contributed by atoms with E-state index in [4.69, 9.17) is 0 Å². The zero-order valence-electron chi connectivity index (χ0n) is 19.4. The van der Waals surface area contributed by atoms with Crippen LogP contribution in [0.25, 0.3) is 0 Å². The molecule has 0 aromatic carbocycles. The molecule has 3 aromatic heterocycles. The Balaban J connectivity index is 1.87. The maximum atomic E-state index is 4.61. The molecular formula is C24H33N7. The predicted octanol–water partition coefficient (Wildman–Crippen LogP) is 3.27. The van der Waals surface area contributed by atoms with Gasteiger partial charge in [-0.1, -0.05) is 0 Å². The second-order valence-corrected chi connectivity index (χ2v) is 8.34. The number of pyridine rings is 3. The van der Waals surface area contributed by atoms with Crippen molar-refractivity contribution in [3.05, 3.63) is 72.1 Å². The number of aromatic nitrogens is 3. The van der Waals surface area contributed by atoms with E-state index in [0.29, 0.717) is 19.6 Å². The van der Waals surface area contributed by atoms with Crippen molar-refractivity contribution in [1.29, 1.82) is 0 Å². The summed E-state index contributed by atoms with van der Waals surface area (Å²) in [5, 5.41) is 0. The van der Waals surface area contributed by atoms with Crippen molar-refractivity contribution in [3.63, 3.8) is 0 Å². The van der Waals surface area contributed by atoms with Crippen LogP contribution in [0.2, 0.25) is 0 Å². The van der Waals surface area contributed by atoms with E-state index in [2.05, 4.69) is 52.8 Å². The average molecular weight is 420 g/mol. The first-order chi connectivity index (χ1) is 14.8. The molecule has 0 unspecified atom stereocenters. The molecule has 31 heavy (non-hydrogen) atoms. The Labute approximate surface area is 186 Å². The molecule has 0 spiro atoms. The Bertz CT molecular complexity index is 858. The normalized spacial score (nSPS) is 10.9. The molecule has 3 rings (SSSR count). The summed E-state index contributed by atoms with van der Waals surface area (Å²) in [7, 11) is 12.3. The van der Waals surface area contributed by atoms with Gasteiger partial charge in [-0.2, -0.15) is 0 Å².